The highest BCUT2D eigenvalue weighted by atomic mass is 32.1. The van der Waals surface area contributed by atoms with Gasteiger partial charge in [-0.2, -0.15) is 0 Å². The molecule has 0 spiro atoms. The molecule has 0 bridgehead atoms. The van der Waals surface area contributed by atoms with E-state index in [2.05, 4.69) is 34.7 Å². The first-order chi connectivity index (χ1) is 11.5. The van der Waals surface area contributed by atoms with Crippen molar-refractivity contribution in [2.75, 3.05) is 11.9 Å². The van der Waals surface area contributed by atoms with Crippen molar-refractivity contribution < 1.29 is 9.59 Å². The molecular formula is C18H21N3O2S. The van der Waals surface area contributed by atoms with E-state index in [-0.39, 0.29) is 23.7 Å². The van der Waals surface area contributed by atoms with Gasteiger partial charge in [-0.05, 0) is 31.4 Å². The fourth-order valence-electron chi connectivity index (χ4n) is 2.88. The maximum absolute atomic E-state index is 12.3. The van der Waals surface area contributed by atoms with E-state index in [9.17, 15) is 9.59 Å². The fourth-order valence-corrected chi connectivity index (χ4v) is 3.72. The quantitative estimate of drug-likeness (QED) is 0.875. The minimum Gasteiger partial charge on any atom is -0.305 e. The SMILES string of the molecule is CC(=O)C1CNC(C(=O)Nc2ncc(Cc3ccccc3C)s2)C1. The number of Topliss-reactive ketones (excluding diaryl/α,β-unsaturated/α-hetero) is 1. The number of carbonyl (C=O) groups excluding carboxylic acids is 2. The summed E-state index contributed by atoms with van der Waals surface area (Å²) in [5.41, 5.74) is 2.52. The zero-order valence-electron chi connectivity index (χ0n) is 13.8. The number of carbonyl (C=O) groups is 2. The summed E-state index contributed by atoms with van der Waals surface area (Å²) in [4.78, 5) is 29.1. The fraction of sp³-hybridized carbons (Fsp3) is 0.389. The molecule has 1 fully saturated rings. The average Bonchev–Trinajstić information content (AvgIpc) is 3.19. The molecule has 1 amide bonds. The standard InChI is InChI=1S/C18H21N3O2S/c1-11-5-3-4-6-13(11)7-15-10-20-18(24-15)21-17(23)16-8-14(9-19-16)12(2)22/h3-6,10,14,16,19H,7-9H2,1-2H3,(H,20,21,23). The van der Waals surface area contributed by atoms with E-state index in [0.29, 0.717) is 18.1 Å². The maximum Gasteiger partial charge on any atom is 0.243 e. The summed E-state index contributed by atoms with van der Waals surface area (Å²) in [5.74, 6) is -0.0447. The third kappa shape index (κ3) is 3.88. The van der Waals surface area contributed by atoms with Crippen molar-refractivity contribution in [3.05, 3.63) is 46.5 Å². The Bertz CT molecular complexity index is 756. The van der Waals surface area contributed by atoms with Crippen LogP contribution in [0.15, 0.2) is 30.5 Å². The van der Waals surface area contributed by atoms with Gasteiger partial charge in [0.2, 0.25) is 5.91 Å². The summed E-state index contributed by atoms with van der Waals surface area (Å²) in [5, 5.41) is 6.57. The highest BCUT2D eigenvalue weighted by molar-refractivity contribution is 7.15. The van der Waals surface area contributed by atoms with Gasteiger partial charge in [-0.3, -0.25) is 9.59 Å². The molecule has 1 aliphatic heterocycles. The van der Waals surface area contributed by atoms with E-state index < -0.39 is 0 Å². The molecule has 24 heavy (non-hydrogen) atoms. The van der Waals surface area contributed by atoms with Gasteiger partial charge in [0.05, 0.1) is 6.04 Å². The molecule has 2 aromatic rings. The summed E-state index contributed by atoms with van der Waals surface area (Å²) in [7, 11) is 0. The summed E-state index contributed by atoms with van der Waals surface area (Å²) >= 11 is 1.49. The number of hydrogen-bond acceptors (Lipinski definition) is 5. The highest BCUT2D eigenvalue weighted by Crippen LogP contribution is 2.23. The molecule has 2 atom stereocenters. The van der Waals surface area contributed by atoms with Gasteiger partial charge in [-0.15, -0.1) is 11.3 Å². The third-order valence-electron chi connectivity index (χ3n) is 4.43. The number of nitrogens with one attached hydrogen (secondary N) is 2. The van der Waals surface area contributed by atoms with Crippen LogP contribution < -0.4 is 10.6 Å². The van der Waals surface area contributed by atoms with Crippen LogP contribution in [0.1, 0.15) is 29.3 Å². The second kappa shape index (κ2) is 7.23. The molecule has 1 aromatic heterocycles. The van der Waals surface area contributed by atoms with Crippen molar-refractivity contribution in [1.29, 1.82) is 0 Å². The molecule has 126 valence electrons. The number of benzene rings is 1. The van der Waals surface area contributed by atoms with Crippen LogP contribution in [-0.2, 0) is 16.0 Å². The smallest absolute Gasteiger partial charge is 0.243 e. The summed E-state index contributed by atoms with van der Waals surface area (Å²) in [6.07, 6.45) is 3.18. The minimum absolute atomic E-state index is 0.0614. The number of aryl methyl sites for hydroxylation is 1. The second-order valence-electron chi connectivity index (χ2n) is 6.23. The minimum atomic E-state index is -0.317. The molecule has 0 radical (unpaired) electrons. The number of hydrogen-bond donors (Lipinski definition) is 2. The monoisotopic (exact) mass is 343 g/mol. The van der Waals surface area contributed by atoms with Crippen LogP contribution in [0.25, 0.3) is 0 Å². The first-order valence-corrected chi connectivity index (χ1v) is 8.88. The van der Waals surface area contributed by atoms with Crippen LogP contribution >= 0.6 is 11.3 Å². The molecule has 3 rings (SSSR count). The zero-order chi connectivity index (χ0) is 17.1. The molecule has 1 saturated heterocycles. The number of thiazole rings is 1. The highest BCUT2D eigenvalue weighted by Gasteiger charge is 2.32. The number of rotatable bonds is 5. The van der Waals surface area contributed by atoms with Gasteiger partial charge in [0.25, 0.3) is 0 Å². The van der Waals surface area contributed by atoms with Gasteiger partial charge in [0, 0.05) is 30.0 Å². The Morgan fingerprint density at radius 1 is 1.38 bits per heavy atom. The largest absolute Gasteiger partial charge is 0.305 e. The molecule has 6 heteroatoms. The topological polar surface area (TPSA) is 71.1 Å². The molecule has 1 aliphatic rings. The van der Waals surface area contributed by atoms with E-state index in [1.54, 1.807) is 6.92 Å². The molecule has 2 N–H and O–H groups in total. The molecule has 5 nitrogen and oxygen atoms in total. The van der Waals surface area contributed by atoms with Crippen LogP contribution in [0.5, 0.6) is 0 Å². The Morgan fingerprint density at radius 3 is 2.88 bits per heavy atom. The first-order valence-electron chi connectivity index (χ1n) is 8.07. The lowest BCUT2D eigenvalue weighted by atomic mass is 10.0. The molecule has 1 aromatic carbocycles. The van der Waals surface area contributed by atoms with E-state index in [1.165, 1.54) is 22.5 Å². The Kier molecular flexibility index (Phi) is 5.06. The predicted molar refractivity (Wildman–Crippen MR) is 95.3 cm³/mol. The van der Waals surface area contributed by atoms with Crippen LogP contribution in [0.4, 0.5) is 5.13 Å². The van der Waals surface area contributed by atoms with Gasteiger partial charge in [0.15, 0.2) is 5.13 Å². The molecular weight excluding hydrogens is 322 g/mol. The van der Waals surface area contributed by atoms with Gasteiger partial charge < -0.3 is 10.6 Å². The van der Waals surface area contributed by atoms with Crippen molar-refractivity contribution in [1.82, 2.24) is 10.3 Å². The van der Waals surface area contributed by atoms with Crippen LogP contribution in [0, 0.1) is 12.8 Å². The number of aromatic nitrogens is 1. The molecule has 0 aliphatic carbocycles. The van der Waals surface area contributed by atoms with E-state index >= 15 is 0 Å². The predicted octanol–water partition coefficient (Wildman–Crippen LogP) is 2.55. The van der Waals surface area contributed by atoms with Crippen molar-refractivity contribution in [3.8, 4) is 0 Å². The van der Waals surface area contributed by atoms with E-state index in [1.807, 2.05) is 18.3 Å². The van der Waals surface area contributed by atoms with Gasteiger partial charge in [-0.1, -0.05) is 24.3 Å². The lowest BCUT2D eigenvalue weighted by molar-refractivity contribution is -0.120. The average molecular weight is 343 g/mol. The Hall–Kier alpha value is -2.05. The second-order valence-corrected chi connectivity index (χ2v) is 7.34. The number of amides is 1. The molecule has 0 saturated carbocycles. The maximum atomic E-state index is 12.3. The Morgan fingerprint density at radius 2 is 2.17 bits per heavy atom. The normalized spacial score (nSPS) is 20.1. The van der Waals surface area contributed by atoms with Crippen molar-refractivity contribution in [2.45, 2.75) is 32.7 Å². The van der Waals surface area contributed by atoms with Crippen molar-refractivity contribution in [2.24, 2.45) is 5.92 Å². The van der Waals surface area contributed by atoms with Crippen molar-refractivity contribution >= 4 is 28.2 Å². The van der Waals surface area contributed by atoms with E-state index in [0.717, 1.165) is 11.3 Å². The summed E-state index contributed by atoms with van der Waals surface area (Å²) in [6.45, 7) is 4.24. The van der Waals surface area contributed by atoms with Crippen LogP contribution in [0.3, 0.4) is 0 Å². The first kappa shape index (κ1) is 16.8. The van der Waals surface area contributed by atoms with Gasteiger partial charge in [0.1, 0.15) is 5.78 Å². The van der Waals surface area contributed by atoms with E-state index in [4.69, 9.17) is 0 Å². The zero-order valence-corrected chi connectivity index (χ0v) is 14.7. The summed E-state index contributed by atoms with van der Waals surface area (Å²) < 4.78 is 0. The lowest BCUT2D eigenvalue weighted by Gasteiger charge is -2.09. The Labute approximate surface area is 145 Å². The number of nitrogens with zero attached hydrogens (tertiary/aromatic N) is 1. The van der Waals surface area contributed by atoms with Crippen LogP contribution in [0.2, 0.25) is 0 Å². The third-order valence-corrected chi connectivity index (χ3v) is 5.34. The molecule has 2 unspecified atom stereocenters. The number of ketones is 1. The van der Waals surface area contributed by atoms with Gasteiger partial charge in [-0.25, -0.2) is 4.98 Å². The summed E-state index contributed by atoms with van der Waals surface area (Å²) in [6, 6.07) is 7.94. The van der Waals surface area contributed by atoms with Crippen molar-refractivity contribution in [3.63, 3.8) is 0 Å². The Balaban J connectivity index is 1.59. The van der Waals surface area contributed by atoms with Crippen LogP contribution in [-0.4, -0.2) is 29.3 Å². The lowest BCUT2D eigenvalue weighted by Crippen LogP contribution is -2.35. The van der Waals surface area contributed by atoms with Gasteiger partial charge >= 0.3 is 0 Å². The number of anilines is 1. The molecule has 2 heterocycles.